The summed E-state index contributed by atoms with van der Waals surface area (Å²) in [4.78, 5) is 0. The van der Waals surface area contributed by atoms with E-state index in [0.29, 0.717) is 23.9 Å². The quantitative estimate of drug-likeness (QED) is 0.781. The van der Waals surface area contributed by atoms with Crippen LogP contribution in [-0.4, -0.2) is 16.8 Å². The van der Waals surface area contributed by atoms with Gasteiger partial charge in [0, 0.05) is 24.2 Å². The van der Waals surface area contributed by atoms with Gasteiger partial charge < -0.3 is 10.1 Å². The van der Waals surface area contributed by atoms with Crippen molar-refractivity contribution in [1.82, 2.24) is 15.1 Å². The minimum absolute atomic E-state index is 0.0498. The van der Waals surface area contributed by atoms with Gasteiger partial charge in [-0.2, -0.15) is 5.10 Å². The zero-order valence-electron chi connectivity index (χ0n) is 15.5. The zero-order chi connectivity index (χ0) is 18.5. The maximum atomic E-state index is 13.9. The highest BCUT2D eigenvalue weighted by atomic mass is 19.1. The Morgan fingerprint density at radius 2 is 2.00 bits per heavy atom. The number of hydrogen-bond acceptors (Lipinski definition) is 3. The average molecular weight is 363 g/mol. The molecular weight excluding hydrogens is 336 g/mol. The number of hydrogen-bond donors (Lipinski definition) is 1. The first-order valence-electron chi connectivity index (χ1n) is 9.38. The van der Waals surface area contributed by atoms with Gasteiger partial charge in [-0.15, -0.1) is 0 Å². The van der Waals surface area contributed by atoms with Gasteiger partial charge in [0.25, 0.3) is 0 Å². The third kappa shape index (κ3) is 4.41. The summed E-state index contributed by atoms with van der Waals surface area (Å²) in [5.41, 5.74) is 1.23. The molecule has 1 fully saturated rings. The van der Waals surface area contributed by atoms with Crippen molar-refractivity contribution in [1.29, 1.82) is 0 Å². The monoisotopic (exact) mass is 363 g/mol. The van der Waals surface area contributed by atoms with Crippen molar-refractivity contribution in [3.8, 4) is 5.88 Å². The van der Waals surface area contributed by atoms with Gasteiger partial charge in [0.05, 0.1) is 11.7 Å². The van der Waals surface area contributed by atoms with Crippen LogP contribution in [0.1, 0.15) is 56.3 Å². The molecule has 6 heteroatoms. The molecule has 1 heterocycles. The molecule has 1 unspecified atom stereocenters. The van der Waals surface area contributed by atoms with Crippen LogP contribution >= 0.6 is 0 Å². The van der Waals surface area contributed by atoms with E-state index in [2.05, 4.69) is 12.2 Å². The maximum absolute atomic E-state index is 13.9. The maximum Gasteiger partial charge on any atom is 0.212 e. The molecule has 4 nitrogen and oxygen atoms in total. The second kappa shape index (κ2) is 8.62. The molecule has 0 saturated heterocycles. The molecule has 1 N–H and O–H groups in total. The lowest BCUT2D eigenvalue weighted by molar-refractivity contribution is 0.208. The van der Waals surface area contributed by atoms with Gasteiger partial charge in [-0.3, -0.25) is 0 Å². The minimum Gasteiger partial charge on any atom is -0.473 e. The van der Waals surface area contributed by atoms with Crippen LogP contribution in [0.2, 0.25) is 0 Å². The molecule has 0 amide bonds. The Labute approximate surface area is 153 Å². The highest BCUT2D eigenvalue weighted by molar-refractivity contribution is 5.21. The van der Waals surface area contributed by atoms with Crippen molar-refractivity contribution in [2.45, 2.75) is 58.2 Å². The van der Waals surface area contributed by atoms with Gasteiger partial charge in [0.2, 0.25) is 5.88 Å². The minimum atomic E-state index is -0.591. The third-order valence-corrected chi connectivity index (χ3v) is 5.22. The lowest BCUT2D eigenvalue weighted by Crippen LogP contribution is -2.21. The molecule has 1 aliphatic carbocycles. The molecule has 0 aliphatic heterocycles. The van der Waals surface area contributed by atoms with E-state index in [9.17, 15) is 8.78 Å². The Hall–Kier alpha value is -1.95. The lowest BCUT2D eigenvalue weighted by atomic mass is 9.85. The molecule has 142 valence electrons. The Balaban J connectivity index is 1.78. The molecule has 2 aromatic rings. The number of aromatic nitrogens is 2. The number of ether oxygens (including phenoxy) is 1. The van der Waals surface area contributed by atoms with E-state index in [1.807, 2.05) is 17.8 Å². The van der Waals surface area contributed by atoms with Crippen LogP contribution in [0.5, 0.6) is 5.88 Å². The van der Waals surface area contributed by atoms with E-state index in [4.69, 9.17) is 9.84 Å². The summed E-state index contributed by atoms with van der Waals surface area (Å²) in [6.45, 7) is 2.87. The summed E-state index contributed by atoms with van der Waals surface area (Å²) < 4.78 is 34.8. The second-order valence-electron chi connectivity index (χ2n) is 7.11. The summed E-state index contributed by atoms with van der Waals surface area (Å²) in [7, 11) is 1.87. The van der Waals surface area contributed by atoms with Gasteiger partial charge in [0.1, 0.15) is 18.2 Å². The molecule has 1 aromatic heterocycles. The molecule has 0 radical (unpaired) electrons. The smallest absolute Gasteiger partial charge is 0.212 e. The summed E-state index contributed by atoms with van der Waals surface area (Å²) in [6, 6.07) is 5.68. The first-order valence-corrected chi connectivity index (χ1v) is 9.38. The highest BCUT2D eigenvalue weighted by Gasteiger charge is 2.25. The Morgan fingerprint density at radius 1 is 1.23 bits per heavy atom. The Bertz CT molecular complexity index is 726. The van der Waals surface area contributed by atoms with Crippen molar-refractivity contribution >= 4 is 0 Å². The van der Waals surface area contributed by atoms with Crippen LogP contribution < -0.4 is 10.1 Å². The molecule has 1 atom stereocenters. The van der Waals surface area contributed by atoms with Gasteiger partial charge in [0.15, 0.2) is 0 Å². The van der Waals surface area contributed by atoms with Crippen molar-refractivity contribution < 1.29 is 13.5 Å². The van der Waals surface area contributed by atoms with Crippen LogP contribution in [-0.2, 0) is 13.2 Å². The third-order valence-electron chi connectivity index (χ3n) is 5.22. The summed E-state index contributed by atoms with van der Waals surface area (Å²) in [5.74, 6) is 0.0402. The molecular formula is C20H27F2N3O. The van der Waals surface area contributed by atoms with Crippen molar-refractivity contribution in [2.24, 2.45) is 5.92 Å². The SMILES string of the molecule is CNCc1cc(OCc2ccc(F)cc2F)n(C(C)C2CCCCC2)n1. The van der Waals surface area contributed by atoms with E-state index >= 15 is 0 Å². The summed E-state index contributed by atoms with van der Waals surface area (Å²) in [5, 5.41) is 7.80. The van der Waals surface area contributed by atoms with Gasteiger partial charge in [-0.05, 0) is 44.9 Å². The van der Waals surface area contributed by atoms with E-state index in [1.54, 1.807) is 0 Å². The first-order chi connectivity index (χ1) is 12.6. The average Bonchev–Trinajstić information content (AvgIpc) is 3.04. The molecule has 1 aliphatic rings. The van der Waals surface area contributed by atoms with Crippen molar-refractivity contribution in [3.05, 3.63) is 47.2 Å². The van der Waals surface area contributed by atoms with Crippen LogP contribution in [0.25, 0.3) is 0 Å². The number of rotatable bonds is 7. The highest BCUT2D eigenvalue weighted by Crippen LogP contribution is 2.35. The standard InChI is InChI=1S/C20H27F2N3O/c1-14(15-6-4-3-5-7-15)25-20(11-18(24-25)12-23-2)26-13-16-8-9-17(21)10-19(16)22/h8-11,14-15,23H,3-7,12-13H2,1-2H3. The zero-order valence-corrected chi connectivity index (χ0v) is 15.5. The van der Waals surface area contributed by atoms with Crippen LogP contribution in [0, 0.1) is 17.6 Å². The second-order valence-corrected chi connectivity index (χ2v) is 7.11. The largest absolute Gasteiger partial charge is 0.473 e. The Kier molecular flexibility index (Phi) is 6.25. The normalized spacial score (nSPS) is 16.6. The summed E-state index contributed by atoms with van der Waals surface area (Å²) in [6.07, 6.45) is 6.23. The van der Waals surface area contributed by atoms with E-state index in [-0.39, 0.29) is 12.6 Å². The lowest BCUT2D eigenvalue weighted by Gasteiger charge is -2.28. The van der Waals surface area contributed by atoms with Gasteiger partial charge >= 0.3 is 0 Å². The van der Waals surface area contributed by atoms with Gasteiger partial charge in [-0.25, -0.2) is 13.5 Å². The number of nitrogens with one attached hydrogen (secondary N) is 1. The molecule has 0 spiro atoms. The van der Waals surface area contributed by atoms with E-state index in [0.717, 1.165) is 11.8 Å². The number of benzene rings is 1. The first kappa shape index (κ1) is 18.8. The Morgan fingerprint density at radius 3 is 2.69 bits per heavy atom. The molecule has 1 saturated carbocycles. The van der Waals surface area contributed by atoms with Crippen molar-refractivity contribution in [3.63, 3.8) is 0 Å². The summed E-state index contributed by atoms with van der Waals surface area (Å²) >= 11 is 0. The fourth-order valence-electron chi connectivity index (χ4n) is 3.70. The van der Waals surface area contributed by atoms with E-state index < -0.39 is 11.6 Å². The fraction of sp³-hybridized carbons (Fsp3) is 0.550. The predicted molar refractivity (Wildman–Crippen MR) is 97.0 cm³/mol. The van der Waals surface area contributed by atoms with Crippen LogP contribution in [0.4, 0.5) is 8.78 Å². The molecule has 1 aromatic carbocycles. The number of halogens is 2. The van der Waals surface area contributed by atoms with E-state index in [1.165, 1.54) is 44.2 Å². The number of nitrogens with zero attached hydrogens (tertiary/aromatic N) is 2. The molecule has 0 bridgehead atoms. The predicted octanol–water partition coefficient (Wildman–Crippen LogP) is 4.60. The van der Waals surface area contributed by atoms with Crippen molar-refractivity contribution in [2.75, 3.05) is 7.05 Å². The fourth-order valence-corrected chi connectivity index (χ4v) is 3.70. The molecule has 3 rings (SSSR count). The van der Waals surface area contributed by atoms with Crippen LogP contribution in [0.3, 0.4) is 0 Å². The topological polar surface area (TPSA) is 39.1 Å². The van der Waals surface area contributed by atoms with Crippen LogP contribution in [0.15, 0.2) is 24.3 Å². The molecule has 26 heavy (non-hydrogen) atoms. The van der Waals surface area contributed by atoms with Gasteiger partial charge in [-0.1, -0.05) is 19.3 Å².